The summed E-state index contributed by atoms with van der Waals surface area (Å²) in [7, 11) is 1.80. The molecule has 0 unspecified atom stereocenters. The van der Waals surface area contributed by atoms with Crippen LogP contribution in [0.3, 0.4) is 0 Å². The maximum atomic E-state index is 12.3. The van der Waals surface area contributed by atoms with E-state index in [0.717, 1.165) is 20.8 Å². The lowest BCUT2D eigenvalue weighted by molar-refractivity contribution is 0.0780. The maximum Gasteiger partial charge on any atom is 0.274 e. The number of hydrogen-bond acceptors (Lipinski definition) is 3. The summed E-state index contributed by atoms with van der Waals surface area (Å²) < 4.78 is 1.08. The number of nitrogens with one attached hydrogen (secondary N) is 1. The second kappa shape index (κ2) is 6.54. The van der Waals surface area contributed by atoms with E-state index in [4.69, 9.17) is 0 Å². The lowest BCUT2D eigenvalue weighted by Crippen LogP contribution is -2.26. The Balaban J connectivity index is 2.01. The third-order valence-electron chi connectivity index (χ3n) is 2.85. The molecule has 0 aliphatic heterocycles. The molecule has 2 aromatic rings. The van der Waals surface area contributed by atoms with Gasteiger partial charge in [-0.1, -0.05) is 13.8 Å². The summed E-state index contributed by atoms with van der Waals surface area (Å²) in [4.78, 5) is 15.1. The number of amides is 1. The predicted molar refractivity (Wildman–Crippen MR) is 84.9 cm³/mol. The van der Waals surface area contributed by atoms with Gasteiger partial charge in [0, 0.05) is 17.6 Å². The summed E-state index contributed by atoms with van der Waals surface area (Å²) in [6.45, 7) is 4.88. The number of H-pyrrole nitrogens is 1. The molecule has 0 aromatic carbocycles. The van der Waals surface area contributed by atoms with Gasteiger partial charge in [-0.15, -0.1) is 11.3 Å². The fraction of sp³-hybridized carbons (Fsp3) is 0.429. The van der Waals surface area contributed by atoms with Crippen LogP contribution in [-0.4, -0.2) is 28.1 Å². The van der Waals surface area contributed by atoms with Crippen LogP contribution >= 0.6 is 27.3 Å². The molecule has 0 atom stereocenters. The second-order valence-electron chi connectivity index (χ2n) is 5.24. The average Bonchev–Trinajstić information content (AvgIpc) is 2.97. The van der Waals surface area contributed by atoms with E-state index in [2.05, 4.69) is 40.0 Å². The highest BCUT2D eigenvalue weighted by Crippen LogP contribution is 2.23. The normalized spacial score (nSPS) is 11.1. The van der Waals surface area contributed by atoms with Crippen molar-refractivity contribution in [3.05, 3.63) is 38.3 Å². The van der Waals surface area contributed by atoms with E-state index in [1.54, 1.807) is 23.3 Å². The lowest BCUT2D eigenvalue weighted by atomic mass is 10.1. The van der Waals surface area contributed by atoms with E-state index < -0.39 is 0 Å². The van der Waals surface area contributed by atoms with Crippen molar-refractivity contribution in [1.82, 2.24) is 15.1 Å². The number of hydrogen-bond donors (Lipinski definition) is 1. The molecular formula is C14H18BrN3OS. The highest BCUT2D eigenvalue weighted by Gasteiger charge is 2.16. The van der Waals surface area contributed by atoms with Gasteiger partial charge in [0.2, 0.25) is 0 Å². The average molecular weight is 356 g/mol. The molecule has 20 heavy (non-hydrogen) atoms. The van der Waals surface area contributed by atoms with Crippen LogP contribution in [0.4, 0.5) is 0 Å². The Hall–Kier alpha value is -1.14. The molecule has 1 N–H and O–H groups in total. The molecule has 2 aromatic heterocycles. The van der Waals surface area contributed by atoms with Gasteiger partial charge >= 0.3 is 0 Å². The van der Waals surface area contributed by atoms with Crippen LogP contribution in [0.5, 0.6) is 0 Å². The van der Waals surface area contributed by atoms with Crippen molar-refractivity contribution in [2.24, 2.45) is 5.92 Å². The monoisotopic (exact) mass is 355 g/mol. The van der Waals surface area contributed by atoms with Crippen molar-refractivity contribution >= 4 is 33.2 Å². The van der Waals surface area contributed by atoms with E-state index in [9.17, 15) is 4.79 Å². The first-order chi connectivity index (χ1) is 9.45. The van der Waals surface area contributed by atoms with Crippen molar-refractivity contribution in [1.29, 1.82) is 0 Å². The summed E-state index contributed by atoms with van der Waals surface area (Å²) in [6.07, 6.45) is 0.905. The van der Waals surface area contributed by atoms with Crippen molar-refractivity contribution in [2.45, 2.75) is 26.8 Å². The van der Waals surface area contributed by atoms with E-state index in [-0.39, 0.29) is 5.91 Å². The van der Waals surface area contributed by atoms with Crippen molar-refractivity contribution in [3.8, 4) is 0 Å². The first kappa shape index (κ1) is 15.3. The zero-order chi connectivity index (χ0) is 14.7. The molecular weight excluding hydrogens is 338 g/mol. The molecule has 2 rings (SSSR count). The van der Waals surface area contributed by atoms with Gasteiger partial charge in [-0.2, -0.15) is 5.10 Å². The molecule has 0 saturated carbocycles. The van der Waals surface area contributed by atoms with Crippen molar-refractivity contribution < 1.29 is 4.79 Å². The number of nitrogens with zero attached hydrogens (tertiary/aromatic N) is 2. The second-order valence-corrected chi connectivity index (χ2v) is 7.79. The van der Waals surface area contributed by atoms with Crippen LogP contribution in [0.15, 0.2) is 22.0 Å². The third kappa shape index (κ3) is 3.93. The molecule has 0 bridgehead atoms. The Morgan fingerprint density at radius 2 is 2.25 bits per heavy atom. The standard InChI is InChI=1S/C14H18BrN3OS/c1-9(2)6-10-7-12(17-16-10)14(19)18(3)8-11-4-5-13(15)20-11/h4-5,7,9H,6,8H2,1-3H3,(H,16,17). The van der Waals surface area contributed by atoms with Gasteiger partial charge in [-0.25, -0.2) is 0 Å². The minimum absolute atomic E-state index is 0.0548. The fourth-order valence-electron chi connectivity index (χ4n) is 1.95. The van der Waals surface area contributed by atoms with Gasteiger partial charge in [-0.05, 0) is 46.5 Å². The first-order valence-electron chi connectivity index (χ1n) is 6.49. The molecule has 6 heteroatoms. The molecule has 1 amide bonds. The van der Waals surface area contributed by atoms with Crippen molar-refractivity contribution in [2.75, 3.05) is 7.05 Å². The summed E-state index contributed by atoms with van der Waals surface area (Å²) in [6, 6.07) is 5.87. The minimum Gasteiger partial charge on any atom is -0.335 e. The van der Waals surface area contributed by atoms with Gasteiger partial charge in [-0.3, -0.25) is 9.89 Å². The molecule has 0 fully saturated rings. The quantitative estimate of drug-likeness (QED) is 0.888. The van der Waals surface area contributed by atoms with Gasteiger partial charge < -0.3 is 4.90 Å². The smallest absolute Gasteiger partial charge is 0.274 e. The summed E-state index contributed by atoms with van der Waals surface area (Å²) >= 11 is 5.06. The van der Waals surface area contributed by atoms with E-state index in [0.29, 0.717) is 18.2 Å². The van der Waals surface area contributed by atoms with Crippen LogP contribution < -0.4 is 0 Å². The predicted octanol–water partition coefficient (Wildman–Crippen LogP) is 3.70. The maximum absolute atomic E-state index is 12.3. The van der Waals surface area contributed by atoms with Crippen LogP contribution in [-0.2, 0) is 13.0 Å². The fourth-order valence-corrected chi connectivity index (χ4v) is 3.49. The summed E-state index contributed by atoms with van der Waals surface area (Å²) in [5.74, 6) is 0.486. The SMILES string of the molecule is CC(C)Cc1cc(C(=O)N(C)Cc2ccc(Br)s2)n[nH]1. The largest absolute Gasteiger partial charge is 0.335 e. The minimum atomic E-state index is -0.0548. The number of thiophene rings is 1. The molecule has 0 saturated heterocycles. The molecule has 0 aliphatic rings. The Morgan fingerprint density at radius 3 is 2.85 bits per heavy atom. The number of aromatic nitrogens is 2. The first-order valence-corrected chi connectivity index (χ1v) is 8.10. The highest BCUT2D eigenvalue weighted by molar-refractivity contribution is 9.11. The molecule has 0 radical (unpaired) electrons. The van der Waals surface area contributed by atoms with Gasteiger partial charge in [0.1, 0.15) is 5.69 Å². The van der Waals surface area contributed by atoms with Crippen molar-refractivity contribution in [3.63, 3.8) is 0 Å². The number of halogens is 1. The number of carbonyl (C=O) groups is 1. The molecule has 0 aliphatic carbocycles. The highest BCUT2D eigenvalue weighted by atomic mass is 79.9. The Morgan fingerprint density at radius 1 is 1.50 bits per heavy atom. The summed E-state index contributed by atoms with van der Waals surface area (Å²) in [5, 5.41) is 7.05. The Kier molecular flexibility index (Phi) is 4.99. The Bertz CT molecular complexity index is 591. The van der Waals surface area contributed by atoms with Crippen LogP contribution in [0, 0.1) is 5.92 Å². The third-order valence-corrected chi connectivity index (χ3v) is 4.46. The zero-order valence-corrected chi connectivity index (χ0v) is 14.2. The van der Waals surface area contributed by atoms with Gasteiger partial charge in [0.05, 0.1) is 10.3 Å². The topological polar surface area (TPSA) is 49.0 Å². The zero-order valence-electron chi connectivity index (χ0n) is 11.8. The van der Waals surface area contributed by atoms with Crippen LogP contribution in [0.1, 0.15) is 34.9 Å². The molecule has 4 nitrogen and oxygen atoms in total. The Labute approximate surface area is 131 Å². The lowest BCUT2D eigenvalue weighted by Gasteiger charge is -2.14. The van der Waals surface area contributed by atoms with Gasteiger partial charge in [0.25, 0.3) is 5.91 Å². The van der Waals surface area contributed by atoms with E-state index in [1.807, 2.05) is 18.2 Å². The summed E-state index contributed by atoms with van der Waals surface area (Å²) in [5.41, 5.74) is 1.49. The number of rotatable bonds is 5. The molecule has 0 spiro atoms. The molecule has 2 heterocycles. The number of carbonyl (C=O) groups excluding carboxylic acids is 1. The number of aromatic amines is 1. The van der Waals surface area contributed by atoms with Gasteiger partial charge in [0.15, 0.2) is 0 Å². The van der Waals surface area contributed by atoms with Crippen LogP contribution in [0.25, 0.3) is 0 Å². The molecule has 108 valence electrons. The van der Waals surface area contributed by atoms with Crippen LogP contribution in [0.2, 0.25) is 0 Å². The van der Waals surface area contributed by atoms with E-state index in [1.165, 1.54) is 0 Å². The van der Waals surface area contributed by atoms with E-state index >= 15 is 0 Å².